The molecule has 4 aromatic rings. The molecule has 10 rings (SSSR count). The first-order chi connectivity index (χ1) is 20.9. The number of fused-ring (bicyclic) bond motifs is 7. The van der Waals surface area contributed by atoms with E-state index in [0.717, 1.165) is 35.5 Å². The van der Waals surface area contributed by atoms with Gasteiger partial charge in [-0.1, -0.05) is 123 Å². The van der Waals surface area contributed by atoms with Crippen LogP contribution in [0.1, 0.15) is 85.5 Å². The van der Waals surface area contributed by atoms with Gasteiger partial charge in [0.2, 0.25) is 0 Å². The second-order valence-electron chi connectivity index (χ2n) is 14.5. The summed E-state index contributed by atoms with van der Waals surface area (Å²) in [6, 6.07) is 37.4. The van der Waals surface area contributed by atoms with Gasteiger partial charge in [0.05, 0.1) is 0 Å². The zero-order valence-corrected chi connectivity index (χ0v) is 24.5. The highest BCUT2D eigenvalue weighted by atomic mass is 14.6. The van der Waals surface area contributed by atoms with Crippen molar-refractivity contribution in [3.05, 3.63) is 130 Å². The normalized spacial score (nSPS) is 34.2. The molecule has 0 N–H and O–H groups in total. The highest BCUT2D eigenvalue weighted by molar-refractivity contribution is 6.03. The van der Waals surface area contributed by atoms with E-state index in [1.807, 2.05) is 0 Å². The third kappa shape index (κ3) is 3.19. The predicted molar refractivity (Wildman–Crippen MR) is 174 cm³/mol. The Morgan fingerprint density at radius 3 is 1.45 bits per heavy atom. The molecule has 0 radical (unpaired) electrons. The van der Waals surface area contributed by atoms with Gasteiger partial charge in [0.25, 0.3) is 0 Å². The van der Waals surface area contributed by atoms with Crippen LogP contribution in [0.3, 0.4) is 0 Å². The number of hydrogen-bond acceptors (Lipinski definition) is 0. The first-order valence-corrected chi connectivity index (χ1v) is 17.0. The van der Waals surface area contributed by atoms with Crippen LogP contribution in [-0.4, -0.2) is 0 Å². The quantitative estimate of drug-likeness (QED) is 0.235. The van der Waals surface area contributed by atoms with E-state index in [-0.39, 0.29) is 0 Å². The molecular weight excluding hydrogens is 504 g/mol. The zero-order chi connectivity index (χ0) is 27.4. The van der Waals surface area contributed by atoms with E-state index in [1.165, 1.54) is 73.3 Å². The summed E-state index contributed by atoms with van der Waals surface area (Å²) < 4.78 is 0. The van der Waals surface area contributed by atoms with Gasteiger partial charge in [-0.3, -0.25) is 0 Å². The van der Waals surface area contributed by atoms with Gasteiger partial charge >= 0.3 is 0 Å². The van der Waals surface area contributed by atoms with Crippen molar-refractivity contribution in [3.8, 4) is 0 Å². The summed E-state index contributed by atoms with van der Waals surface area (Å²) in [6.07, 6.45) is 11.6. The SMILES string of the molecule is c1ccc(C2=C3CC4C(CC3=C(c3ccccc3)C3c5cccc6cccc(c56)C23)C2CCCC3CCCC4C32)cc1. The van der Waals surface area contributed by atoms with Gasteiger partial charge in [0.15, 0.2) is 0 Å². The zero-order valence-electron chi connectivity index (χ0n) is 24.5. The average Bonchev–Trinajstić information content (AvgIpc) is 3.55. The van der Waals surface area contributed by atoms with Crippen molar-refractivity contribution in [2.75, 3.05) is 0 Å². The van der Waals surface area contributed by atoms with Crippen molar-refractivity contribution in [2.45, 2.75) is 63.2 Å². The molecule has 6 unspecified atom stereocenters. The Labute approximate surface area is 250 Å². The van der Waals surface area contributed by atoms with E-state index in [4.69, 9.17) is 0 Å². The molecule has 6 aliphatic rings. The number of benzene rings is 4. The number of allylic oxidation sites excluding steroid dienone is 4. The maximum Gasteiger partial charge on any atom is 0.0214 e. The molecule has 0 heteroatoms. The molecule has 0 nitrogen and oxygen atoms in total. The van der Waals surface area contributed by atoms with Crippen molar-refractivity contribution in [2.24, 2.45) is 35.5 Å². The molecule has 0 spiro atoms. The topological polar surface area (TPSA) is 0 Å². The highest BCUT2D eigenvalue weighted by Crippen LogP contribution is 2.69. The second-order valence-corrected chi connectivity index (χ2v) is 14.5. The lowest BCUT2D eigenvalue weighted by Crippen LogP contribution is -2.33. The van der Waals surface area contributed by atoms with Crippen LogP contribution < -0.4 is 0 Å². The molecule has 0 bridgehead atoms. The van der Waals surface area contributed by atoms with Crippen molar-refractivity contribution in [1.82, 2.24) is 0 Å². The van der Waals surface area contributed by atoms with Crippen molar-refractivity contribution in [3.63, 3.8) is 0 Å². The molecule has 4 saturated carbocycles. The molecule has 0 aliphatic heterocycles. The van der Waals surface area contributed by atoms with Gasteiger partial charge < -0.3 is 0 Å². The average molecular weight is 545 g/mol. The molecule has 0 saturated heterocycles. The Hall–Kier alpha value is -3.38. The van der Waals surface area contributed by atoms with E-state index < -0.39 is 0 Å². The van der Waals surface area contributed by atoms with E-state index in [1.54, 1.807) is 33.4 Å². The fourth-order valence-electron chi connectivity index (χ4n) is 11.9. The lowest BCUT2D eigenvalue weighted by Gasteiger charge is -2.44. The van der Waals surface area contributed by atoms with Crippen molar-refractivity contribution < 1.29 is 0 Å². The maximum absolute atomic E-state index is 2.47. The van der Waals surface area contributed by atoms with E-state index >= 15 is 0 Å². The van der Waals surface area contributed by atoms with Gasteiger partial charge in [-0.2, -0.15) is 0 Å². The van der Waals surface area contributed by atoms with Crippen LogP contribution in [-0.2, 0) is 0 Å². The van der Waals surface area contributed by atoms with Crippen LogP contribution in [0.4, 0.5) is 0 Å². The van der Waals surface area contributed by atoms with Crippen LogP contribution in [0.25, 0.3) is 21.9 Å². The van der Waals surface area contributed by atoms with Crippen molar-refractivity contribution >= 4 is 21.9 Å². The van der Waals surface area contributed by atoms with Gasteiger partial charge in [0.1, 0.15) is 0 Å². The van der Waals surface area contributed by atoms with Crippen LogP contribution in [0.2, 0.25) is 0 Å². The Morgan fingerprint density at radius 1 is 0.452 bits per heavy atom. The Balaban J connectivity index is 1.27. The van der Waals surface area contributed by atoms with Gasteiger partial charge in [0, 0.05) is 11.8 Å². The van der Waals surface area contributed by atoms with E-state index in [2.05, 4.69) is 97.1 Å². The summed E-state index contributed by atoms with van der Waals surface area (Å²) in [7, 11) is 0. The third-order valence-corrected chi connectivity index (χ3v) is 13.1. The largest absolute Gasteiger partial charge is 0.0622 e. The van der Waals surface area contributed by atoms with Gasteiger partial charge in [-0.15, -0.1) is 0 Å². The summed E-state index contributed by atoms with van der Waals surface area (Å²) in [6.45, 7) is 0. The highest BCUT2D eigenvalue weighted by Gasteiger charge is 2.57. The molecule has 4 aromatic carbocycles. The summed E-state index contributed by atoms with van der Waals surface area (Å²) in [5, 5.41) is 2.94. The predicted octanol–water partition coefficient (Wildman–Crippen LogP) is 10.8. The second kappa shape index (κ2) is 9.06. The Bertz CT molecular complexity index is 1640. The molecule has 6 aliphatic carbocycles. The molecule has 0 amide bonds. The summed E-state index contributed by atoms with van der Waals surface area (Å²) in [4.78, 5) is 0. The lowest BCUT2D eigenvalue weighted by atomic mass is 9.60. The van der Waals surface area contributed by atoms with Crippen LogP contribution in [0.5, 0.6) is 0 Å². The fraction of sp³-hybridized carbons (Fsp3) is 0.381. The number of rotatable bonds is 2. The first-order valence-electron chi connectivity index (χ1n) is 17.0. The molecule has 4 fully saturated rings. The van der Waals surface area contributed by atoms with Crippen molar-refractivity contribution in [1.29, 1.82) is 0 Å². The Morgan fingerprint density at radius 2 is 0.952 bits per heavy atom. The minimum absolute atomic E-state index is 0.391. The summed E-state index contributed by atoms with van der Waals surface area (Å²) in [5.74, 6) is 6.50. The Kier molecular flexibility index (Phi) is 5.20. The van der Waals surface area contributed by atoms with Gasteiger partial charge in [-0.05, 0) is 117 Å². The molecular formula is C42H40. The van der Waals surface area contributed by atoms with E-state index in [9.17, 15) is 0 Å². The van der Waals surface area contributed by atoms with Crippen LogP contribution >= 0.6 is 0 Å². The van der Waals surface area contributed by atoms with Crippen LogP contribution in [0, 0.1) is 35.5 Å². The van der Waals surface area contributed by atoms with E-state index in [0.29, 0.717) is 11.8 Å². The third-order valence-electron chi connectivity index (χ3n) is 13.1. The molecule has 208 valence electrons. The molecule has 0 aromatic heterocycles. The minimum atomic E-state index is 0.391. The number of hydrogen-bond donors (Lipinski definition) is 0. The maximum atomic E-state index is 2.47. The lowest BCUT2D eigenvalue weighted by molar-refractivity contribution is 0.0821. The smallest absolute Gasteiger partial charge is 0.0214 e. The summed E-state index contributed by atoms with van der Waals surface area (Å²) >= 11 is 0. The summed E-state index contributed by atoms with van der Waals surface area (Å²) in [5.41, 5.74) is 12.9. The fourth-order valence-corrected chi connectivity index (χ4v) is 11.9. The monoisotopic (exact) mass is 544 g/mol. The first kappa shape index (κ1) is 24.1. The molecule has 0 heterocycles. The van der Waals surface area contributed by atoms with Crippen LogP contribution in [0.15, 0.2) is 108 Å². The molecule has 42 heavy (non-hydrogen) atoms. The standard InChI is InChI=1S/C42H40/c1-3-11-27(12-4-1)39-35-23-33-29-19-7-15-25-16-8-20-30(37(25)29)34(33)24-36(35)40(28-13-5-2-6-14-28)42-32-22-10-18-26-17-9-21-31(38(26)32)41(39)42/h1-6,9-14,17-18,21-22,25,29-30,33-34,37,41-42H,7-8,15-16,19-20,23-24H2. The minimum Gasteiger partial charge on any atom is -0.0622 e. The van der Waals surface area contributed by atoms with Gasteiger partial charge in [-0.25, -0.2) is 0 Å². The molecule has 6 atom stereocenters.